The predicted octanol–water partition coefficient (Wildman–Crippen LogP) is 2.12. The molecular formula is C19H20N6O2S2. The van der Waals surface area contributed by atoms with Crippen LogP contribution in [0.2, 0.25) is 0 Å². The Hall–Kier alpha value is -2.59. The van der Waals surface area contributed by atoms with Gasteiger partial charge in [0, 0.05) is 5.69 Å². The summed E-state index contributed by atoms with van der Waals surface area (Å²) in [5.41, 5.74) is 1.81. The first-order valence-corrected chi connectivity index (χ1v) is 11.1. The first-order chi connectivity index (χ1) is 14.1. The Balaban J connectivity index is 1.22. The van der Waals surface area contributed by atoms with Crippen molar-refractivity contribution < 1.29 is 9.59 Å². The summed E-state index contributed by atoms with van der Waals surface area (Å²) in [6.45, 7) is 2.62. The van der Waals surface area contributed by atoms with Crippen LogP contribution in [0.3, 0.4) is 0 Å². The van der Waals surface area contributed by atoms with Crippen LogP contribution in [0.25, 0.3) is 0 Å². The maximum Gasteiger partial charge on any atom is 0.235 e. The molecule has 29 heavy (non-hydrogen) atoms. The molecule has 0 bridgehead atoms. The molecule has 0 radical (unpaired) electrons. The standard InChI is InChI=1S/C19H20N6O2S2/c1-12-6-15-18(27)23-16(24-19(15)29-12)8-28-9-17(26)22-14-4-2-13(3-5-14)7-25-11-20-10-21-25/h2-6,10-11,15,19H,7-9H2,1H3,(H,22,26)(H,23,24,27)/t15-,19+/m0/s1. The average Bonchev–Trinajstić information content (AvgIpc) is 3.32. The van der Waals surface area contributed by atoms with E-state index in [0.29, 0.717) is 18.1 Å². The van der Waals surface area contributed by atoms with Gasteiger partial charge in [-0.15, -0.1) is 23.5 Å². The molecule has 4 rings (SSSR count). The lowest BCUT2D eigenvalue weighted by molar-refractivity contribution is -0.122. The molecule has 0 saturated carbocycles. The Kier molecular flexibility index (Phi) is 6.00. The van der Waals surface area contributed by atoms with E-state index < -0.39 is 0 Å². The van der Waals surface area contributed by atoms with Crippen LogP contribution in [0.5, 0.6) is 0 Å². The molecule has 10 heteroatoms. The van der Waals surface area contributed by atoms with Gasteiger partial charge >= 0.3 is 0 Å². The fourth-order valence-electron chi connectivity index (χ4n) is 3.07. The van der Waals surface area contributed by atoms with Gasteiger partial charge in [0.1, 0.15) is 23.9 Å². The summed E-state index contributed by atoms with van der Waals surface area (Å²) in [7, 11) is 0. The van der Waals surface area contributed by atoms with Gasteiger partial charge in [-0.05, 0) is 29.5 Å². The molecule has 0 fully saturated rings. The molecule has 150 valence electrons. The molecule has 2 amide bonds. The van der Waals surface area contributed by atoms with Crippen molar-refractivity contribution in [1.29, 1.82) is 0 Å². The number of nitrogens with zero attached hydrogens (tertiary/aromatic N) is 4. The third-order valence-electron chi connectivity index (χ3n) is 4.40. The Bertz CT molecular complexity index is 956. The summed E-state index contributed by atoms with van der Waals surface area (Å²) in [6, 6.07) is 7.63. The highest BCUT2D eigenvalue weighted by Gasteiger charge is 2.36. The topological polar surface area (TPSA) is 101 Å². The lowest BCUT2D eigenvalue weighted by atomic mass is 10.1. The van der Waals surface area contributed by atoms with Gasteiger partial charge in [-0.25, -0.2) is 9.67 Å². The Morgan fingerprint density at radius 3 is 2.93 bits per heavy atom. The van der Waals surface area contributed by atoms with Gasteiger partial charge in [0.15, 0.2) is 0 Å². The van der Waals surface area contributed by atoms with Crippen molar-refractivity contribution in [2.45, 2.75) is 18.8 Å². The third-order valence-corrected chi connectivity index (χ3v) is 6.49. The fourth-order valence-corrected chi connectivity index (χ4v) is 4.90. The lowest BCUT2D eigenvalue weighted by Gasteiger charge is -2.22. The quantitative estimate of drug-likeness (QED) is 0.701. The molecule has 2 aromatic rings. The van der Waals surface area contributed by atoms with Gasteiger partial charge in [-0.1, -0.05) is 18.2 Å². The largest absolute Gasteiger partial charge is 0.325 e. The fraction of sp³-hybridized carbons (Fsp3) is 0.316. The number of aliphatic imine (C=N–C) groups is 1. The molecule has 8 nitrogen and oxygen atoms in total. The second kappa shape index (κ2) is 8.83. The van der Waals surface area contributed by atoms with Gasteiger partial charge < -0.3 is 10.6 Å². The SMILES string of the molecule is CC1=C[C@H]2C(=O)NC(CSCC(=O)Nc3ccc(Cn4cncn4)cc3)=N[C@@H]2S1. The Labute approximate surface area is 176 Å². The smallest absolute Gasteiger partial charge is 0.235 e. The monoisotopic (exact) mass is 428 g/mol. The predicted molar refractivity (Wildman–Crippen MR) is 116 cm³/mol. The van der Waals surface area contributed by atoms with Gasteiger partial charge in [0.25, 0.3) is 0 Å². The lowest BCUT2D eigenvalue weighted by Crippen LogP contribution is -2.44. The third kappa shape index (κ3) is 5.07. The molecule has 3 heterocycles. The van der Waals surface area contributed by atoms with E-state index in [0.717, 1.165) is 16.2 Å². The number of benzene rings is 1. The number of aromatic nitrogens is 3. The molecule has 1 aromatic heterocycles. The summed E-state index contributed by atoms with van der Waals surface area (Å²) in [4.78, 5) is 34.0. The van der Waals surface area contributed by atoms with Crippen LogP contribution in [0.4, 0.5) is 5.69 Å². The first-order valence-electron chi connectivity index (χ1n) is 9.08. The molecule has 0 unspecified atom stereocenters. The Morgan fingerprint density at radius 2 is 2.17 bits per heavy atom. The second-order valence-electron chi connectivity index (χ2n) is 6.71. The minimum absolute atomic E-state index is 0.0135. The molecule has 2 aliphatic rings. The van der Waals surface area contributed by atoms with Gasteiger partial charge in [0.2, 0.25) is 11.8 Å². The van der Waals surface area contributed by atoms with Crippen LogP contribution in [-0.2, 0) is 16.1 Å². The van der Waals surface area contributed by atoms with Crippen molar-refractivity contribution in [2.75, 3.05) is 16.8 Å². The number of fused-ring (bicyclic) bond motifs is 1. The molecule has 0 saturated heterocycles. The zero-order valence-corrected chi connectivity index (χ0v) is 17.4. The summed E-state index contributed by atoms with van der Waals surface area (Å²) in [6.07, 6.45) is 5.12. The normalized spacial score (nSPS) is 20.5. The first kappa shape index (κ1) is 19.7. The molecular weight excluding hydrogens is 408 g/mol. The van der Waals surface area contributed by atoms with E-state index in [-0.39, 0.29) is 28.9 Å². The van der Waals surface area contributed by atoms with Crippen LogP contribution in [0.15, 0.2) is 52.9 Å². The number of allylic oxidation sites excluding steroid dienone is 1. The van der Waals surface area contributed by atoms with Crippen molar-refractivity contribution in [3.63, 3.8) is 0 Å². The van der Waals surface area contributed by atoms with Crippen LogP contribution < -0.4 is 10.6 Å². The number of hydrogen-bond acceptors (Lipinski definition) is 7. The van der Waals surface area contributed by atoms with Gasteiger partial charge in [0.05, 0.1) is 24.0 Å². The number of carbonyl (C=O) groups is 2. The summed E-state index contributed by atoms with van der Waals surface area (Å²) in [5, 5.41) is 9.74. The zero-order valence-electron chi connectivity index (χ0n) is 15.7. The van der Waals surface area contributed by atoms with Crippen molar-refractivity contribution in [2.24, 2.45) is 10.9 Å². The molecule has 0 aliphatic carbocycles. The van der Waals surface area contributed by atoms with Gasteiger partial charge in [-0.3, -0.25) is 14.6 Å². The number of rotatable bonds is 7. The highest BCUT2D eigenvalue weighted by molar-refractivity contribution is 8.04. The van der Waals surface area contributed by atoms with Crippen LogP contribution >= 0.6 is 23.5 Å². The molecule has 0 spiro atoms. The summed E-state index contributed by atoms with van der Waals surface area (Å²) >= 11 is 3.04. The minimum atomic E-state index is -0.176. The van der Waals surface area contributed by atoms with E-state index in [4.69, 9.17) is 0 Å². The van der Waals surface area contributed by atoms with Crippen molar-refractivity contribution >= 4 is 46.9 Å². The zero-order chi connectivity index (χ0) is 20.2. The van der Waals surface area contributed by atoms with Crippen LogP contribution in [0, 0.1) is 5.92 Å². The number of amidine groups is 1. The molecule has 1 aromatic carbocycles. The van der Waals surface area contributed by atoms with Crippen molar-refractivity contribution in [1.82, 2.24) is 20.1 Å². The minimum Gasteiger partial charge on any atom is -0.325 e. The van der Waals surface area contributed by atoms with Gasteiger partial charge in [-0.2, -0.15) is 5.10 Å². The highest BCUT2D eigenvalue weighted by atomic mass is 32.2. The second-order valence-corrected chi connectivity index (χ2v) is 9.06. The number of amides is 2. The molecule has 2 atom stereocenters. The van der Waals surface area contributed by atoms with E-state index in [9.17, 15) is 9.59 Å². The van der Waals surface area contributed by atoms with Crippen LogP contribution in [-0.4, -0.2) is 49.3 Å². The maximum atomic E-state index is 12.2. The highest BCUT2D eigenvalue weighted by Crippen LogP contribution is 2.38. The number of carbonyl (C=O) groups excluding carboxylic acids is 2. The number of anilines is 1. The summed E-state index contributed by atoms with van der Waals surface area (Å²) in [5.74, 6) is 1.15. The number of nitrogens with one attached hydrogen (secondary N) is 2. The van der Waals surface area contributed by atoms with E-state index in [1.807, 2.05) is 37.3 Å². The van der Waals surface area contributed by atoms with E-state index in [1.54, 1.807) is 22.8 Å². The number of thioether (sulfide) groups is 2. The maximum absolute atomic E-state index is 12.2. The molecule has 2 aliphatic heterocycles. The summed E-state index contributed by atoms with van der Waals surface area (Å²) < 4.78 is 1.74. The van der Waals surface area contributed by atoms with Crippen molar-refractivity contribution in [3.05, 3.63) is 53.5 Å². The Morgan fingerprint density at radius 1 is 1.34 bits per heavy atom. The van der Waals surface area contributed by atoms with E-state index in [1.165, 1.54) is 18.1 Å². The number of hydrogen-bond donors (Lipinski definition) is 2. The van der Waals surface area contributed by atoms with Crippen molar-refractivity contribution in [3.8, 4) is 0 Å². The van der Waals surface area contributed by atoms with Crippen LogP contribution in [0.1, 0.15) is 12.5 Å². The molecule has 2 N–H and O–H groups in total. The van der Waals surface area contributed by atoms with E-state index in [2.05, 4.69) is 25.7 Å². The average molecular weight is 429 g/mol. The van der Waals surface area contributed by atoms with E-state index >= 15 is 0 Å².